The van der Waals surface area contributed by atoms with Crippen LogP contribution in [0.2, 0.25) is 0 Å². The van der Waals surface area contributed by atoms with Crippen LogP contribution in [0.5, 0.6) is 0 Å². The highest BCUT2D eigenvalue weighted by atomic mass is 16.5. The van der Waals surface area contributed by atoms with E-state index in [1.54, 1.807) is 11.8 Å². The van der Waals surface area contributed by atoms with Gasteiger partial charge in [0.1, 0.15) is 0 Å². The molecule has 7 heteroatoms. The van der Waals surface area contributed by atoms with Crippen LogP contribution in [-0.2, 0) is 9.47 Å². The lowest BCUT2D eigenvalue weighted by atomic mass is 9.94. The quantitative estimate of drug-likeness (QED) is 0.904. The molecule has 0 bridgehead atoms. The highest BCUT2D eigenvalue weighted by Gasteiger charge is 2.32. The fraction of sp³-hybridized carbons (Fsp3) is 0.533. The Balaban J connectivity index is 1.73. The third kappa shape index (κ3) is 3.10. The maximum Gasteiger partial charge on any atom is 0.247 e. The molecule has 3 rings (SSSR count). The summed E-state index contributed by atoms with van der Waals surface area (Å²) >= 11 is 0. The van der Waals surface area contributed by atoms with Gasteiger partial charge in [-0.15, -0.1) is 0 Å². The monoisotopic (exact) mass is 303 g/mol. The zero-order chi connectivity index (χ0) is 15.4. The summed E-state index contributed by atoms with van der Waals surface area (Å²) in [5.41, 5.74) is 1.91. The minimum Gasteiger partial charge on any atom is -0.381 e. The van der Waals surface area contributed by atoms with Crippen LogP contribution in [0.1, 0.15) is 18.4 Å². The molecule has 0 amide bonds. The van der Waals surface area contributed by atoms with Crippen molar-refractivity contribution in [2.24, 2.45) is 0 Å². The summed E-state index contributed by atoms with van der Waals surface area (Å²) < 4.78 is 12.8. The Bertz CT molecular complexity index is 605. The Hall–Kier alpha value is -1.99. The van der Waals surface area contributed by atoms with E-state index in [2.05, 4.69) is 27.8 Å². The average Bonchev–Trinajstić information content (AvgIpc) is 3.03. The molecule has 0 unspecified atom stereocenters. The number of benzene rings is 1. The van der Waals surface area contributed by atoms with E-state index in [9.17, 15) is 0 Å². The number of nitrogens with zero attached hydrogens (tertiary/aromatic N) is 4. The zero-order valence-corrected chi connectivity index (χ0v) is 13.0. The molecule has 118 valence electrons. The molecule has 1 aliphatic heterocycles. The van der Waals surface area contributed by atoms with Crippen molar-refractivity contribution >= 4 is 5.95 Å². The summed E-state index contributed by atoms with van der Waals surface area (Å²) in [5, 5.41) is 15.2. The van der Waals surface area contributed by atoms with E-state index in [1.807, 2.05) is 24.3 Å². The molecule has 1 saturated heterocycles. The second-order valence-corrected chi connectivity index (χ2v) is 5.60. The van der Waals surface area contributed by atoms with Gasteiger partial charge in [-0.05, 0) is 29.5 Å². The maximum atomic E-state index is 5.72. The van der Waals surface area contributed by atoms with E-state index >= 15 is 0 Å². The molecule has 0 saturated carbocycles. The van der Waals surface area contributed by atoms with Crippen molar-refractivity contribution in [3.8, 4) is 5.69 Å². The fourth-order valence-corrected chi connectivity index (χ4v) is 2.59. The molecule has 1 aromatic heterocycles. The van der Waals surface area contributed by atoms with Crippen LogP contribution in [0.3, 0.4) is 0 Å². The summed E-state index contributed by atoms with van der Waals surface area (Å²) in [6.45, 7) is 4.14. The standard InChI is InChI=1S/C15H21N5O2/c1-12-3-5-13(6-4-12)20-14(17-18-19-20)16-11-15(21-2)7-9-22-10-8-15/h3-6H,7-11H2,1-2H3,(H,16,17,19). The first-order chi connectivity index (χ1) is 10.7. The molecule has 0 aliphatic carbocycles. The number of hydrogen-bond donors (Lipinski definition) is 1. The van der Waals surface area contributed by atoms with Gasteiger partial charge < -0.3 is 14.8 Å². The second kappa shape index (κ2) is 6.41. The van der Waals surface area contributed by atoms with Gasteiger partial charge in [0.2, 0.25) is 5.95 Å². The largest absolute Gasteiger partial charge is 0.381 e. The minimum atomic E-state index is -0.220. The second-order valence-electron chi connectivity index (χ2n) is 5.60. The van der Waals surface area contributed by atoms with Crippen molar-refractivity contribution in [2.75, 3.05) is 32.2 Å². The Morgan fingerprint density at radius 3 is 2.68 bits per heavy atom. The number of tetrazole rings is 1. The van der Waals surface area contributed by atoms with Gasteiger partial charge in [0.15, 0.2) is 0 Å². The third-order valence-electron chi connectivity index (χ3n) is 4.15. The van der Waals surface area contributed by atoms with E-state index in [1.165, 1.54) is 5.56 Å². The minimum absolute atomic E-state index is 0.220. The molecule has 1 fully saturated rings. The third-order valence-corrected chi connectivity index (χ3v) is 4.15. The zero-order valence-electron chi connectivity index (χ0n) is 13.0. The van der Waals surface area contributed by atoms with Crippen LogP contribution in [0.4, 0.5) is 5.95 Å². The van der Waals surface area contributed by atoms with Crippen LogP contribution in [0.15, 0.2) is 24.3 Å². The summed E-state index contributed by atoms with van der Waals surface area (Å²) in [7, 11) is 1.75. The van der Waals surface area contributed by atoms with Crippen molar-refractivity contribution in [1.82, 2.24) is 20.2 Å². The predicted octanol–water partition coefficient (Wildman–Crippen LogP) is 1.58. The van der Waals surface area contributed by atoms with Gasteiger partial charge >= 0.3 is 0 Å². The summed E-state index contributed by atoms with van der Waals surface area (Å²) in [5.74, 6) is 0.617. The SMILES string of the molecule is COC1(CNc2nnnn2-c2ccc(C)cc2)CCOCC1. The van der Waals surface area contributed by atoms with E-state index in [4.69, 9.17) is 9.47 Å². The number of rotatable bonds is 5. The Morgan fingerprint density at radius 2 is 2.00 bits per heavy atom. The van der Waals surface area contributed by atoms with Gasteiger partial charge in [-0.25, -0.2) is 0 Å². The van der Waals surface area contributed by atoms with Crippen molar-refractivity contribution in [3.63, 3.8) is 0 Å². The van der Waals surface area contributed by atoms with E-state index in [0.717, 1.165) is 31.7 Å². The van der Waals surface area contributed by atoms with Crippen molar-refractivity contribution in [1.29, 1.82) is 0 Å². The first-order valence-electron chi connectivity index (χ1n) is 7.45. The van der Waals surface area contributed by atoms with Crippen LogP contribution in [-0.4, -0.2) is 52.7 Å². The first-order valence-corrected chi connectivity index (χ1v) is 7.45. The molecule has 1 N–H and O–H groups in total. The number of methoxy groups -OCH3 is 1. The molecule has 22 heavy (non-hydrogen) atoms. The molecule has 1 aliphatic rings. The molecular formula is C15H21N5O2. The molecule has 0 atom stereocenters. The molecule has 1 aromatic carbocycles. The smallest absolute Gasteiger partial charge is 0.247 e. The number of nitrogens with one attached hydrogen (secondary N) is 1. The lowest BCUT2D eigenvalue weighted by Crippen LogP contribution is -2.44. The number of aryl methyl sites for hydroxylation is 1. The van der Waals surface area contributed by atoms with Crippen molar-refractivity contribution in [2.45, 2.75) is 25.4 Å². The molecule has 7 nitrogen and oxygen atoms in total. The van der Waals surface area contributed by atoms with Gasteiger partial charge in [-0.1, -0.05) is 22.8 Å². The van der Waals surface area contributed by atoms with E-state index in [0.29, 0.717) is 12.5 Å². The highest BCUT2D eigenvalue weighted by Crippen LogP contribution is 2.25. The number of hydrogen-bond acceptors (Lipinski definition) is 6. The number of anilines is 1. The summed E-state index contributed by atoms with van der Waals surface area (Å²) in [6.07, 6.45) is 1.73. The van der Waals surface area contributed by atoms with Crippen LogP contribution < -0.4 is 5.32 Å². The van der Waals surface area contributed by atoms with Gasteiger partial charge in [-0.3, -0.25) is 0 Å². The van der Waals surface area contributed by atoms with Crippen LogP contribution >= 0.6 is 0 Å². The highest BCUT2D eigenvalue weighted by molar-refractivity contribution is 5.40. The first kappa shape index (κ1) is 14.9. The van der Waals surface area contributed by atoms with Crippen LogP contribution in [0.25, 0.3) is 5.69 Å². The molecule has 2 aromatic rings. The summed E-state index contributed by atoms with van der Waals surface area (Å²) in [4.78, 5) is 0. The lowest BCUT2D eigenvalue weighted by molar-refractivity contribution is -0.0808. The predicted molar refractivity (Wildman–Crippen MR) is 82.2 cm³/mol. The molecular weight excluding hydrogens is 282 g/mol. The topological polar surface area (TPSA) is 74.1 Å². The van der Waals surface area contributed by atoms with Crippen molar-refractivity contribution < 1.29 is 9.47 Å². The Kier molecular flexibility index (Phi) is 4.35. The molecule has 0 spiro atoms. The fourth-order valence-electron chi connectivity index (χ4n) is 2.59. The molecule has 0 radical (unpaired) electrons. The van der Waals surface area contributed by atoms with E-state index < -0.39 is 0 Å². The van der Waals surface area contributed by atoms with Crippen LogP contribution in [0, 0.1) is 6.92 Å². The maximum absolute atomic E-state index is 5.72. The average molecular weight is 303 g/mol. The Labute approximate surface area is 129 Å². The lowest BCUT2D eigenvalue weighted by Gasteiger charge is -2.35. The molecule has 2 heterocycles. The van der Waals surface area contributed by atoms with Crippen molar-refractivity contribution in [3.05, 3.63) is 29.8 Å². The van der Waals surface area contributed by atoms with Gasteiger partial charge in [0.05, 0.1) is 11.3 Å². The van der Waals surface area contributed by atoms with Gasteiger partial charge in [0, 0.05) is 39.7 Å². The number of ether oxygens (including phenoxy) is 2. The Morgan fingerprint density at radius 1 is 1.27 bits per heavy atom. The normalized spacial score (nSPS) is 17.4. The van der Waals surface area contributed by atoms with Gasteiger partial charge in [-0.2, -0.15) is 4.68 Å². The number of aromatic nitrogens is 4. The van der Waals surface area contributed by atoms with E-state index in [-0.39, 0.29) is 5.60 Å². The summed E-state index contributed by atoms with van der Waals surface area (Å²) in [6, 6.07) is 8.07. The van der Waals surface area contributed by atoms with Gasteiger partial charge in [0.25, 0.3) is 0 Å².